The Morgan fingerprint density at radius 3 is 1.69 bits per heavy atom. The zero-order chi connectivity index (χ0) is 21.0. The topological polar surface area (TPSA) is 36.9 Å². The van der Waals surface area contributed by atoms with Crippen LogP contribution in [0.15, 0.2) is 0 Å². The Hall–Kier alpha value is 0.0569. The third-order valence-electron chi connectivity index (χ3n) is 7.05. The highest BCUT2D eigenvalue weighted by molar-refractivity contribution is 6.60. The summed E-state index contributed by atoms with van der Waals surface area (Å²) in [4.78, 5) is 0. The fraction of sp³-hybridized carbons (Fsp3) is 1.00. The maximum Gasteiger partial charge on any atom is 0.501 e. The van der Waals surface area contributed by atoms with E-state index in [4.69, 9.17) is 18.0 Å². The van der Waals surface area contributed by atoms with Crippen LogP contribution in [0.3, 0.4) is 0 Å². The summed E-state index contributed by atoms with van der Waals surface area (Å²) in [6.07, 6.45) is 15.5. The quantitative estimate of drug-likeness (QED) is 0.230. The Morgan fingerprint density at radius 2 is 1.21 bits per heavy atom. The second kappa shape index (κ2) is 14.2. The first-order valence-corrected chi connectivity index (χ1v) is 14.6. The van der Waals surface area contributed by atoms with Crippen LogP contribution in [0.1, 0.15) is 98.3 Å². The van der Waals surface area contributed by atoms with Crippen LogP contribution in [0, 0.1) is 17.8 Å². The summed E-state index contributed by atoms with van der Waals surface area (Å²) < 4.78 is 24.1. The van der Waals surface area contributed by atoms with Crippen molar-refractivity contribution in [2.24, 2.45) is 17.8 Å². The molecule has 0 aromatic carbocycles. The van der Waals surface area contributed by atoms with Gasteiger partial charge in [-0.05, 0) is 83.5 Å². The molecular formula is C24H48O4Si. The molecule has 0 aromatic heterocycles. The summed E-state index contributed by atoms with van der Waals surface area (Å²) in [6, 6.07) is 0.860. The van der Waals surface area contributed by atoms with Gasteiger partial charge in [0.2, 0.25) is 0 Å². The second-order valence-electron chi connectivity index (χ2n) is 9.06. The van der Waals surface area contributed by atoms with Crippen molar-refractivity contribution in [2.45, 2.75) is 110 Å². The number of rotatable bonds is 14. The first-order chi connectivity index (χ1) is 14.2. The van der Waals surface area contributed by atoms with Crippen molar-refractivity contribution in [3.63, 3.8) is 0 Å². The lowest BCUT2D eigenvalue weighted by atomic mass is 9.70. The van der Waals surface area contributed by atoms with Crippen molar-refractivity contribution in [2.75, 3.05) is 26.4 Å². The number of ether oxygens (including phenoxy) is 1. The molecule has 0 N–H and O–H groups in total. The van der Waals surface area contributed by atoms with Gasteiger partial charge in [0.15, 0.2) is 0 Å². The summed E-state index contributed by atoms with van der Waals surface area (Å²) in [5, 5.41) is 0. The third kappa shape index (κ3) is 8.60. The van der Waals surface area contributed by atoms with Crippen molar-refractivity contribution in [1.82, 2.24) is 0 Å². The van der Waals surface area contributed by atoms with Crippen molar-refractivity contribution >= 4 is 8.80 Å². The van der Waals surface area contributed by atoms with E-state index in [1.165, 1.54) is 64.2 Å². The molecule has 2 aliphatic rings. The lowest BCUT2D eigenvalue weighted by Gasteiger charge is -2.38. The number of hydrogen-bond acceptors (Lipinski definition) is 4. The molecular weight excluding hydrogens is 380 g/mol. The highest BCUT2D eigenvalue weighted by atomic mass is 28.4. The number of hydrogen-bond donors (Lipinski definition) is 0. The zero-order valence-electron chi connectivity index (χ0n) is 19.8. The van der Waals surface area contributed by atoms with Gasteiger partial charge in [-0.1, -0.05) is 32.6 Å². The standard InChI is InChI=1S/C24H48O4Si/c1-5-10-21-11-13-22(14-12-21)23-15-17-24(18-16-23)25-19-9-20-29(26-6-2,27-7-3)28-8-4/h21-24H,5-20H2,1-4H3/t21-,22-,23-,24-. The molecule has 2 rings (SSSR count). The van der Waals surface area contributed by atoms with Gasteiger partial charge >= 0.3 is 8.80 Å². The maximum absolute atomic E-state index is 6.25. The molecule has 5 heteroatoms. The van der Waals surface area contributed by atoms with E-state index in [1.54, 1.807) is 0 Å². The second-order valence-corrected chi connectivity index (χ2v) is 11.8. The van der Waals surface area contributed by atoms with Crippen LogP contribution in [0.4, 0.5) is 0 Å². The van der Waals surface area contributed by atoms with E-state index in [1.807, 2.05) is 20.8 Å². The van der Waals surface area contributed by atoms with Crippen LogP contribution in [0.5, 0.6) is 0 Å². The van der Waals surface area contributed by atoms with Crippen molar-refractivity contribution in [3.05, 3.63) is 0 Å². The molecule has 0 atom stereocenters. The summed E-state index contributed by atoms with van der Waals surface area (Å²) in [7, 11) is -2.51. The fourth-order valence-electron chi connectivity index (χ4n) is 5.62. The van der Waals surface area contributed by atoms with Crippen molar-refractivity contribution in [3.8, 4) is 0 Å². The van der Waals surface area contributed by atoms with Gasteiger partial charge in [-0.25, -0.2) is 0 Å². The van der Waals surface area contributed by atoms with Gasteiger partial charge in [-0.3, -0.25) is 0 Å². The SMILES string of the molecule is CCC[C@H]1CC[C@H]([C@H]2CC[C@H](OCCC[Si](OCC)(OCC)OCC)CC2)CC1. The van der Waals surface area contributed by atoms with Gasteiger partial charge < -0.3 is 18.0 Å². The van der Waals surface area contributed by atoms with E-state index in [9.17, 15) is 0 Å². The van der Waals surface area contributed by atoms with Crippen molar-refractivity contribution in [1.29, 1.82) is 0 Å². The molecule has 0 aromatic rings. The average molecular weight is 429 g/mol. The molecule has 0 heterocycles. The van der Waals surface area contributed by atoms with E-state index >= 15 is 0 Å². The molecule has 0 radical (unpaired) electrons. The molecule has 2 fully saturated rings. The van der Waals surface area contributed by atoms with E-state index in [2.05, 4.69) is 6.92 Å². The fourth-order valence-corrected chi connectivity index (χ4v) is 8.20. The van der Waals surface area contributed by atoms with Gasteiger partial charge in [0.05, 0.1) is 6.10 Å². The lowest BCUT2D eigenvalue weighted by molar-refractivity contribution is 0.00426. The van der Waals surface area contributed by atoms with E-state index in [-0.39, 0.29) is 0 Å². The highest BCUT2D eigenvalue weighted by Crippen LogP contribution is 2.41. The molecule has 0 saturated heterocycles. The predicted octanol–water partition coefficient (Wildman–Crippen LogP) is 6.61. The normalized spacial score (nSPS) is 28.6. The smallest absolute Gasteiger partial charge is 0.378 e. The van der Waals surface area contributed by atoms with Gasteiger partial charge in [-0.2, -0.15) is 0 Å². The lowest BCUT2D eigenvalue weighted by Crippen LogP contribution is -2.46. The summed E-state index contributed by atoms with van der Waals surface area (Å²) in [5.74, 6) is 2.99. The first kappa shape index (κ1) is 25.3. The molecule has 172 valence electrons. The summed E-state index contributed by atoms with van der Waals surface area (Å²) in [6.45, 7) is 11.1. The molecule has 2 aliphatic carbocycles. The molecule has 29 heavy (non-hydrogen) atoms. The van der Waals surface area contributed by atoms with Crippen molar-refractivity contribution < 1.29 is 18.0 Å². The largest absolute Gasteiger partial charge is 0.501 e. The van der Waals surface area contributed by atoms with E-state index in [0.717, 1.165) is 36.8 Å². The molecule has 0 bridgehead atoms. The minimum Gasteiger partial charge on any atom is -0.378 e. The van der Waals surface area contributed by atoms with Crippen LogP contribution in [0.25, 0.3) is 0 Å². The molecule has 0 amide bonds. The Balaban J connectivity index is 1.63. The van der Waals surface area contributed by atoms with Gasteiger partial charge in [0, 0.05) is 32.5 Å². The minimum atomic E-state index is -2.51. The van der Waals surface area contributed by atoms with Gasteiger partial charge in [0.1, 0.15) is 0 Å². The maximum atomic E-state index is 6.25. The van der Waals surface area contributed by atoms with Crippen LogP contribution in [-0.4, -0.2) is 41.3 Å². The Morgan fingerprint density at radius 1 is 0.690 bits per heavy atom. The molecule has 0 spiro atoms. The molecule has 0 aliphatic heterocycles. The molecule has 0 unspecified atom stereocenters. The minimum absolute atomic E-state index is 0.463. The Bertz CT molecular complexity index is 387. The zero-order valence-corrected chi connectivity index (χ0v) is 20.8. The molecule has 4 nitrogen and oxygen atoms in total. The van der Waals surface area contributed by atoms with Gasteiger partial charge in [-0.15, -0.1) is 0 Å². The third-order valence-corrected chi connectivity index (χ3v) is 10.2. The first-order valence-electron chi connectivity index (χ1n) is 12.7. The van der Waals surface area contributed by atoms with E-state index in [0.29, 0.717) is 25.9 Å². The monoisotopic (exact) mass is 428 g/mol. The average Bonchev–Trinajstić information content (AvgIpc) is 2.73. The van der Waals surface area contributed by atoms with Crippen LogP contribution < -0.4 is 0 Å². The van der Waals surface area contributed by atoms with E-state index < -0.39 is 8.80 Å². The van der Waals surface area contributed by atoms with Crippen LogP contribution >= 0.6 is 0 Å². The Labute approximate surface area is 181 Å². The van der Waals surface area contributed by atoms with Crippen LogP contribution in [-0.2, 0) is 18.0 Å². The summed E-state index contributed by atoms with van der Waals surface area (Å²) >= 11 is 0. The summed E-state index contributed by atoms with van der Waals surface area (Å²) in [5.41, 5.74) is 0. The van der Waals surface area contributed by atoms with Crippen LogP contribution in [0.2, 0.25) is 6.04 Å². The highest BCUT2D eigenvalue weighted by Gasteiger charge is 2.39. The molecule has 2 saturated carbocycles. The van der Waals surface area contributed by atoms with Gasteiger partial charge in [0.25, 0.3) is 0 Å². The Kier molecular flexibility index (Phi) is 12.4. The predicted molar refractivity (Wildman–Crippen MR) is 122 cm³/mol.